The number of anilines is 2. The minimum Gasteiger partial charge on any atom is -0.352 e. The number of carbonyl (C=O) groups excluding carboxylic acids is 1. The molecule has 2 aromatic heterocycles. The maximum atomic E-state index is 11.1. The molecule has 0 aliphatic heterocycles. The molecule has 1 amide bonds. The zero-order valence-corrected chi connectivity index (χ0v) is 15.5. The molecule has 0 spiro atoms. The summed E-state index contributed by atoms with van der Waals surface area (Å²) in [6.45, 7) is 1.92. The Hall–Kier alpha value is -3.11. The van der Waals surface area contributed by atoms with Crippen molar-refractivity contribution in [3.05, 3.63) is 56.8 Å². The second kappa shape index (κ2) is 8.06. The molecule has 0 saturated heterocycles. The number of hydrogen-bond acceptors (Lipinski definition) is 8. The van der Waals surface area contributed by atoms with E-state index in [9.17, 15) is 14.9 Å². The molecule has 0 aliphatic carbocycles. The Morgan fingerprint density at radius 3 is 2.70 bits per heavy atom. The van der Waals surface area contributed by atoms with E-state index < -0.39 is 10.6 Å². The molecule has 0 unspecified atom stereocenters. The van der Waals surface area contributed by atoms with E-state index in [-0.39, 0.29) is 16.9 Å². The van der Waals surface area contributed by atoms with Gasteiger partial charge in [-0.15, -0.1) is 11.3 Å². The first-order valence-electron chi connectivity index (χ1n) is 7.65. The van der Waals surface area contributed by atoms with Gasteiger partial charge < -0.3 is 10.6 Å². The van der Waals surface area contributed by atoms with E-state index in [2.05, 4.69) is 25.6 Å². The highest BCUT2D eigenvalue weighted by Crippen LogP contribution is 2.33. The third-order valence-corrected chi connectivity index (χ3v) is 4.52. The van der Waals surface area contributed by atoms with E-state index in [0.29, 0.717) is 17.4 Å². The Morgan fingerprint density at radius 2 is 2.04 bits per heavy atom. The highest BCUT2D eigenvalue weighted by molar-refractivity contribution is 7.14. The first-order chi connectivity index (χ1) is 12.9. The van der Waals surface area contributed by atoms with Crippen LogP contribution in [0.1, 0.15) is 12.5 Å². The van der Waals surface area contributed by atoms with Crippen LogP contribution in [0.5, 0.6) is 0 Å². The summed E-state index contributed by atoms with van der Waals surface area (Å²) in [6.07, 6.45) is 1.14. The summed E-state index contributed by atoms with van der Waals surface area (Å²) in [5, 5.41) is 18.7. The summed E-state index contributed by atoms with van der Waals surface area (Å²) in [6, 6.07) is 7.57. The maximum Gasteiger partial charge on any atom is 0.348 e. The Morgan fingerprint density at radius 1 is 1.30 bits per heavy atom. The number of amides is 1. The molecule has 27 heavy (non-hydrogen) atoms. The molecule has 0 atom stereocenters. The van der Waals surface area contributed by atoms with Gasteiger partial charge in [-0.1, -0.05) is 35.9 Å². The fraction of sp³-hybridized carbons (Fsp3) is 0.125. The van der Waals surface area contributed by atoms with Crippen molar-refractivity contribution in [2.45, 2.75) is 13.5 Å². The lowest BCUT2D eigenvalue weighted by Gasteiger charge is -2.04. The van der Waals surface area contributed by atoms with Crippen LogP contribution in [0.2, 0.25) is 5.15 Å². The number of hydrogen-bond donors (Lipinski definition) is 2. The lowest BCUT2D eigenvalue weighted by atomic mass is 10.1. The quantitative estimate of drug-likeness (QED) is 0.366. The molecule has 0 aliphatic rings. The maximum absolute atomic E-state index is 11.1. The summed E-state index contributed by atoms with van der Waals surface area (Å²) in [5.41, 5.74) is 2.14. The fourth-order valence-corrected chi connectivity index (χ4v) is 3.12. The van der Waals surface area contributed by atoms with Gasteiger partial charge in [0.1, 0.15) is 6.33 Å². The minimum absolute atomic E-state index is 0.0217. The van der Waals surface area contributed by atoms with Crippen LogP contribution in [0.3, 0.4) is 0 Å². The van der Waals surface area contributed by atoms with Crippen LogP contribution in [-0.2, 0) is 11.3 Å². The monoisotopic (exact) mass is 404 g/mol. The molecule has 138 valence electrons. The molecule has 2 heterocycles. The van der Waals surface area contributed by atoms with Crippen LogP contribution in [-0.4, -0.2) is 25.8 Å². The summed E-state index contributed by atoms with van der Waals surface area (Å²) in [4.78, 5) is 33.4. The number of rotatable bonds is 6. The third kappa shape index (κ3) is 4.54. The Labute approximate surface area is 162 Å². The van der Waals surface area contributed by atoms with Crippen LogP contribution >= 0.6 is 22.9 Å². The molecule has 11 heteroatoms. The van der Waals surface area contributed by atoms with Crippen molar-refractivity contribution in [3.8, 4) is 11.3 Å². The number of nitrogens with one attached hydrogen (secondary N) is 2. The first-order valence-corrected chi connectivity index (χ1v) is 8.91. The van der Waals surface area contributed by atoms with Crippen LogP contribution in [0.4, 0.5) is 16.6 Å². The van der Waals surface area contributed by atoms with Crippen molar-refractivity contribution in [3.63, 3.8) is 0 Å². The topological polar surface area (TPSA) is 123 Å². The van der Waals surface area contributed by atoms with Gasteiger partial charge in [-0.2, -0.15) is 0 Å². The zero-order chi connectivity index (χ0) is 19.4. The first kappa shape index (κ1) is 18.7. The minimum atomic E-state index is -0.646. The summed E-state index contributed by atoms with van der Waals surface area (Å²) >= 11 is 7.05. The molecule has 0 radical (unpaired) electrons. The van der Waals surface area contributed by atoms with Crippen molar-refractivity contribution in [1.82, 2.24) is 20.3 Å². The van der Waals surface area contributed by atoms with Gasteiger partial charge in [-0.3, -0.25) is 14.9 Å². The van der Waals surface area contributed by atoms with Crippen LogP contribution in [0.25, 0.3) is 11.3 Å². The lowest BCUT2D eigenvalue weighted by Crippen LogP contribution is -2.18. The Balaban J connectivity index is 1.77. The lowest BCUT2D eigenvalue weighted by molar-refractivity contribution is -0.384. The predicted molar refractivity (Wildman–Crippen MR) is 102 cm³/mol. The van der Waals surface area contributed by atoms with Crippen LogP contribution in [0, 0.1) is 10.1 Å². The van der Waals surface area contributed by atoms with Crippen molar-refractivity contribution >= 4 is 45.5 Å². The van der Waals surface area contributed by atoms with Crippen molar-refractivity contribution in [2.75, 3.05) is 5.32 Å². The highest BCUT2D eigenvalue weighted by Gasteiger charge is 2.22. The average molecular weight is 405 g/mol. The summed E-state index contributed by atoms with van der Waals surface area (Å²) in [5.74, 6) is -0.111. The molecule has 9 nitrogen and oxygen atoms in total. The number of thiazole rings is 1. The van der Waals surface area contributed by atoms with Gasteiger partial charge in [-0.05, 0) is 5.56 Å². The number of nitrogens with zero attached hydrogens (tertiary/aromatic N) is 4. The SMILES string of the molecule is CC(=O)NCc1ccc(-c2csc(Nc3ncnc(Cl)c3[N+](=O)[O-])n2)cc1. The molecular weight excluding hydrogens is 392 g/mol. The molecule has 0 bridgehead atoms. The largest absolute Gasteiger partial charge is 0.352 e. The summed E-state index contributed by atoms with van der Waals surface area (Å²) < 4.78 is 0. The Bertz CT molecular complexity index is 992. The number of aromatic nitrogens is 3. The van der Waals surface area contributed by atoms with Gasteiger partial charge in [0.2, 0.25) is 16.9 Å². The van der Waals surface area contributed by atoms with Gasteiger partial charge in [0, 0.05) is 24.4 Å². The molecule has 2 N–H and O–H groups in total. The van der Waals surface area contributed by atoms with E-state index in [1.165, 1.54) is 18.3 Å². The number of halogens is 1. The van der Waals surface area contributed by atoms with Crippen molar-refractivity contribution < 1.29 is 9.72 Å². The molecule has 0 saturated carbocycles. The van der Waals surface area contributed by atoms with E-state index in [4.69, 9.17) is 11.6 Å². The fourth-order valence-electron chi connectivity index (χ4n) is 2.20. The average Bonchev–Trinajstić information content (AvgIpc) is 3.08. The van der Waals surface area contributed by atoms with Crippen molar-refractivity contribution in [1.29, 1.82) is 0 Å². The zero-order valence-electron chi connectivity index (χ0n) is 14.0. The molecule has 1 aromatic carbocycles. The van der Waals surface area contributed by atoms with Crippen molar-refractivity contribution in [2.24, 2.45) is 0 Å². The van der Waals surface area contributed by atoms with E-state index in [0.717, 1.165) is 17.5 Å². The third-order valence-electron chi connectivity index (χ3n) is 3.48. The van der Waals surface area contributed by atoms with Crippen LogP contribution < -0.4 is 10.6 Å². The second-order valence-electron chi connectivity index (χ2n) is 5.39. The second-order valence-corrected chi connectivity index (χ2v) is 6.60. The summed E-state index contributed by atoms with van der Waals surface area (Å²) in [7, 11) is 0. The molecule has 3 aromatic rings. The van der Waals surface area contributed by atoms with E-state index >= 15 is 0 Å². The van der Waals surface area contributed by atoms with E-state index in [1.807, 2.05) is 29.6 Å². The van der Waals surface area contributed by atoms with Gasteiger partial charge in [0.05, 0.1) is 10.6 Å². The predicted octanol–water partition coefficient (Wildman–Crippen LogP) is 3.54. The standard InChI is InChI=1S/C16H13ClN6O3S/c1-9(24)18-6-10-2-4-11(5-3-10)12-7-27-16(21-12)22-15-13(23(25)26)14(17)19-8-20-15/h2-5,7-8H,6H2,1H3,(H,18,24)(H,19,20,21,22). The van der Waals surface area contributed by atoms with Crippen LogP contribution in [0.15, 0.2) is 36.0 Å². The smallest absolute Gasteiger partial charge is 0.348 e. The molecular formula is C16H13ClN6O3S. The normalized spacial score (nSPS) is 10.4. The van der Waals surface area contributed by atoms with Gasteiger partial charge in [0.25, 0.3) is 0 Å². The van der Waals surface area contributed by atoms with Gasteiger partial charge in [0.15, 0.2) is 5.13 Å². The van der Waals surface area contributed by atoms with Gasteiger partial charge in [-0.25, -0.2) is 15.0 Å². The molecule has 3 rings (SSSR count). The van der Waals surface area contributed by atoms with E-state index in [1.54, 1.807) is 0 Å². The molecule has 0 fully saturated rings. The van der Waals surface area contributed by atoms with Gasteiger partial charge >= 0.3 is 5.69 Å². The number of nitro groups is 1. The highest BCUT2D eigenvalue weighted by atomic mass is 35.5. The number of carbonyl (C=O) groups is 1. The Kier molecular flexibility index (Phi) is 5.57. The number of benzene rings is 1.